The van der Waals surface area contributed by atoms with Crippen LogP contribution in [0.3, 0.4) is 0 Å². The topological polar surface area (TPSA) is 13.1 Å². The van der Waals surface area contributed by atoms with Crippen molar-refractivity contribution in [2.75, 3.05) is 0 Å². The third-order valence-electron chi connectivity index (χ3n) is 11.4. The van der Waals surface area contributed by atoms with Crippen LogP contribution in [0.15, 0.2) is 186 Å². The molecule has 0 aliphatic heterocycles. The molecule has 250 valence electrons. The minimum atomic E-state index is 0.926. The quantitative estimate of drug-likeness (QED) is 0.167. The summed E-state index contributed by atoms with van der Waals surface area (Å²) >= 11 is 1.83. The third-order valence-corrected chi connectivity index (χ3v) is 12.6. The first-order valence-electron chi connectivity index (χ1n) is 18.5. The van der Waals surface area contributed by atoms with Crippen LogP contribution in [0.25, 0.3) is 119 Å². The van der Waals surface area contributed by atoms with E-state index in [4.69, 9.17) is 4.42 Å². The number of benzene rings is 10. The van der Waals surface area contributed by atoms with Gasteiger partial charge in [-0.2, -0.15) is 0 Å². The Balaban J connectivity index is 1.05. The first-order valence-corrected chi connectivity index (χ1v) is 19.3. The van der Waals surface area contributed by atoms with Crippen LogP contribution in [0.2, 0.25) is 0 Å². The Morgan fingerprint density at radius 3 is 1.59 bits per heavy atom. The maximum Gasteiger partial charge on any atom is 0.144 e. The summed E-state index contributed by atoms with van der Waals surface area (Å²) in [5.74, 6) is 0. The second kappa shape index (κ2) is 11.4. The van der Waals surface area contributed by atoms with Gasteiger partial charge in [0.25, 0.3) is 0 Å². The third kappa shape index (κ3) is 4.26. The molecule has 0 unspecified atom stereocenters. The predicted molar refractivity (Wildman–Crippen MR) is 233 cm³/mol. The zero-order chi connectivity index (χ0) is 35.3. The average molecular weight is 703 g/mol. The van der Waals surface area contributed by atoms with E-state index >= 15 is 0 Å². The average Bonchev–Trinajstić information content (AvgIpc) is 3.81. The van der Waals surface area contributed by atoms with E-state index in [1.807, 2.05) is 11.3 Å². The molecule has 0 saturated heterocycles. The number of thiophene rings is 1. The minimum absolute atomic E-state index is 0.926. The van der Waals surface area contributed by atoms with Crippen LogP contribution in [0.1, 0.15) is 0 Å². The van der Waals surface area contributed by atoms with E-state index in [1.165, 1.54) is 107 Å². The van der Waals surface area contributed by atoms with Gasteiger partial charge in [0.2, 0.25) is 0 Å². The highest BCUT2D eigenvalue weighted by Crippen LogP contribution is 2.47. The van der Waals surface area contributed by atoms with Crippen molar-refractivity contribution in [3.63, 3.8) is 0 Å². The molecule has 0 atom stereocenters. The fourth-order valence-corrected chi connectivity index (χ4v) is 10.2. The normalized spacial score (nSPS) is 12.1. The fourth-order valence-electron chi connectivity index (χ4n) is 9.07. The Bertz CT molecular complexity index is 3440. The van der Waals surface area contributed by atoms with E-state index in [1.54, 1.807) is 0 Å². The Kier molecular flexibility index (Phi) is 6.28. The molecule has 0 bridgehead atoms. The Morgan fingerprint density at radius 2 is 0.889 bits per heavy atom. The van der Waals surface area contributed by atoms with E-state index in [0.29, 0.717) is 0 Å². The van der Waals surface area contributed by atoms with Crippen LogP contribution < -0.4 is 0 Å². The van der Waals surface area contributed by atoms with Crippen molar-refractivity contribution in [3.05, 3.63) is 182 Å². The van der Waals surface area contributed by atoms with Gasteiger partial charge in [-0.05, 0) is 113 Å². The van der Waals surface area contributed by atoms with Crippen LogP contribution >= 0.6 is 11.3 Å². The molecule has 12 rings (SSSR count). The van der Waals surface area contributed by atoms with Gasteiger partial charge in [0.05, 0.1) is 0 Å². The summed E-state index contributed by atoms with van der Waals surface area (Å²) < 4.78 is 9.41. The van der Waals surface area contributed by atoms with Crippen LogP contribution in [0.5, 0.6) is 0 Å². The van der Waals surface area contributed by atoms with Gasteiger partial charge < -0.3 is 4.42 Å². The largest absolute Gasteiger partial charge is 0.455 e. The van der Waals surface area contributed by atoms with Crippen molar-refractivity contribution < 1.29 is 4.42 Å². The lowest BCUT2D eigenvalue weighted by Crippen LogP contribution is -1.91. The highest BCUT2D eigenvalue weighted by Gasteiger charge is 2.20. The van der Waals surface area contributed by atoms with Crippen molar-refractivity contribution in [1.29, 1.82) is 0 Å². The van der Waals surface area contributed by atoms with Gasteiger partial charge in [0, 0.05) is 30.9 Å². The second-order valence-corrected chi connectivity index (χ2v) is 15.4. The summed E-state index contributed by atoms with van der Waals surface area (Å²) in [6, 6.07) is 66.7. The number of hydrogen-bond acceptors (Lipinski definition) is 2. The molecule has 0 aliphatic rings. The van der Waals surface area contributed by atoms with Gasteiger partial charge in [-0.3, -0.25) is 0 Å². The first kappa shape index (κ1) is 29.8. The molecular weight excluding hydrogens is 673 g/mol. The molecule has 0 radical (unpaired) electrons. The van der Waals surface area contributed by atoms with Gasteiger partial charge in [-0.1, -0.05) is 146 Å². The summed E-state index contributed by atoms with van der Waals surface area (Å²) in [6.07, 6.45) is 0. The number of rotatable bonds is 3. The maximum atomic E-state index is 6.87. The van der Waals surface area contributed by atoms with Gasteiger partial charge in [0.1, 0.15) is 11.2 Å². The first-order chi connectivity index (χ1) is 26.8. The lowest BCUT2D eigenvalue weighted by molar-refractivity contribution is 0.673. The lowest BCUT2D eigenvalue weighted by atomic mass is 9.85. The van der Waals surface area contributed by atoms with E-state index in [9.17, 15) is 0 Å². The molecule has 0 fully saturated rings. The van der Waals surface area contributed by atoms with Crippen molar-refractivity contribution in [3.8, 4) is 33.4 Å². The van der Waals surface area contributed by atoms with Gasteiger partial charge in [-0.15, -0.1) is 11.3 Å². The minimum Gasteiger partial charge on any atom is -0.455 e. The van der Waals surface area contributed by atoms with Gasteiger partial charge in [0.15, 0.2) is 0 Å². The van der Waals surface area contributed by atoms with Crippen molar-refractivity contribution in [2.45, 2.75) is 0 Å². The van der Waals surface area contributed by atoms with Crippen molar-refractivity contribution in [1.82, 2.24) is 0 Å². The SMILES string of the molecule is c1ccc(-c2c3ccccc3c(-c3ccc4cc(-c5cc6oc7c(ccc8sc9ccccc9c87)c6c6ccccc56)ccc4c3)c3ccccc23)cc1. The molecule has 2 heteroatoms. The number of furan rings is 1. The number of hydrogen-bond donors (Lipinski definition) is 0. The Labute approximate surface area is 314 Å². The van der Waals surface area contributed by atoms with E-state index in [0.717, 1.165) is 11.2 Å². The van der Waals surface area contributed by atoms with Crippen molar-refractivity contribution in [2.24, 2.45) is 0 Å². The van der Waals surface area contributed by atoms with E-state index < -0.39 is 0 Å². The molecule has 0 spiro atoms. The smallest absolute Gasteiger partial charge is 0.144 e. The molecular formula is C52H30OS. The fraction of sp³-hybridized carbons (Fsp3) is 0. The van der Waals surface area contributed by atoms with E-state index in [-0.39, 0.29) is 0 Å². The van der Waals surface area contributed by atoms with Crippen molar-refractivity contribution >= 4 is 96.5 Å². The summed E-state index contributed by atoms with van der Waals surface area (Å²) in [5.41, 5.74) is 9.30. The zero-order valence-electron chi connectivity index (χ0n) is 29.1. The monoisotopic (exact) mass is 702 g/mol. The molecule has 0 amide bonds. The predicted octanol–water partition coefficient (Wildman–Crippen LogP) is 15.6. The standard InChI is InChI=1S/C52H30OS/c1-2-12-31(13-3-1)48-38-16-6-8-18-40(38)49(41-19-9-7-17-39(41)48)35-25-23-32-28-34(24-22-33(32)29-35)44-30-45-50(37-15-5-4-14-36(37)44)43-26-27-47-51(52(43)53-45)42-20-10-11-21-46(42)54-47/h1-30H. The highest BCUT2D eigenvalue weighted by molar-refractivity contribution is 7.26. The maximum absolute atomic E-state index is 6.87. The molecule has 0 saturated carbocycles. The molecule has 2 heterocycles. The Hall–Kier alpha value is -6.74. The lowest BCUT2D eigenvalue weighted by Gasteiger charge is -2.18. The molecule has 1 nitrogen and oxygen atoms in total. The molecule has 54 heavy (non-hydrogen) atoms. The molecule has 12 aromatic rings. The second-order valence-electron chi connectivity index (χ2n) is 14.3. The highest BCUT2D eigenvalue weighted by atomic mass is 32.1. The molecule has 10 aromatic carbocycles. The summed E-state index contributed by atoms with van der Waals surface area (Å²) in [7, 11) is 0. The summed E-state index contributed by atoms with van der Waals surface area (Å²) in [4.78, 5) is 0. The van der Waals surface area contributed by atoms with Crippen LogP contribution in [-0.2, 0) is 0 Å². The molecule has 0 N–H and O–H groups in total. The van der Waals surface area contributed by atoms with E-state index in [2.05, 4.69) is 182 Å². The summed E-state index contributed by atoms with van der Waals surface area (Å²) in [6.45, 7) is 0. The number of fused-ring (bicyclic) bond motifs is 12. The zero-order valence-corrected chi connectivity index (χ0v) is 30.0. The Morgan fingerprint density at radius 1 is 0.333 bits per heavy atom. The molecule has 0 aliphatic carbocycles. The van der Waals surface area contributed by atoms with Gasteiger partial charge in [-0.25, -0.2) is 0 Å². The van der Waals surface area contributed by atoms with Crippen LogP contribution in [0, 0.1) is 0 Å². The van der Waals surface area contributed by atoms with Crippen LogP contribution in [-0.4, -0.2) is 0 Å². The molecule has 2 aromatic heterocycles. The van der Waals surface area contributed by atoms with Crippen LogP contribution in [0.4, 0.5) is 0 Å². The van der Waals surface area contributed by atoms with Gasteiger partial charge >= 0.3 is 0 Å². The summed E-state index contributed by atoms with van der Waals surface area (Å²) in [5, 5.41) is 14.8.